The molecule has 1 aliphatic carbocycles. The van der Waals surface area contributed by atoms with Crippen LogP contribution in [0, 0.1) is 0 Å². The van der Waals surface area contributed by atoms with E-state index in [1.54, 1.807) is 0 Å². The Balaban J connectivity index is 1.20. The monoisotopic (exact) mass is 707 g/mol. The Morgan fingerprint density at radius 1 is 0.273 bits per heavy atom. The number of benzene rings is 8. The van der Waals surface area contributed by atoms with Crippen LogP contribution in [0.25, 0.3) is 55.6 Å². The zero-order valence-electron chi connectivity index (χ0n) is 32.0. The molecule has 0 saturated heterocycles. The van der Waals surface area contributed by atoms with Crippen LogP contribution in [-0.2, 0) is 10.8 Å². The van der Waals surface area contributed by atoms with Crippen LogP contribution in [0.4, 0.5) is 17.1 Å². The lowest BCUT2D eigenvalue weighted by Crippen LogP contribution is -2.43. The highest BCUT2D eigenvalue weighted by Gasteiger charge is 2.46. The van der Waals surface area contributed by atoms with Crippen LogP contribution < -0.4 is 4.90 Å². The summed E-state index contributed by atoms with van der Waals surface area (Å²) in [5, 5.41) is 0. The van der Waals surface area contributed by atoms with E-state index in [0.717, 1.165) is 17.1 Å². The molecule has 0 amide bonds. The van der Waals surface area contributed by atoms with Gasteiger partial charge in [-0.1, -0.05) is 167 Å². The van der Waals surface area contributed by atoms with Crippen molar-refractivity contribution < 1.29 is 0 Å². The predicted octanol–water partition coefficient (Wildman–Crippen LogP) is 15.1. The minimum absolute atomic E-state index is 0.104. The van der Waals surface area contributed by atoms with Crippen LogP contribution in [-0.4, -0.2) is 0 Å². The van der Waals surface area contributed by atoms with E-state index in [-0.39, 0.29) is 10.8 Å². The molecular weight excluding hydrogens is 663 g/mol. The van der Waals surface area contributed by atoms with Gasteiger partial charge in [-0.05, 0) is 138 Å². The first-order valence-corrected chi connectivity index (χ1v) is 19.3. The Morgan fingerprint density at radius 3 is 1.29 bits per heavy atom. The molecule has 0 unspecified atom stereocenters. The number of para-hydroxylation sites is 2. The zero-order valence-corrected chi connectivity index (χ0v) is 32.0. The minimum atomic E-state index is -0.125. The van der Waals surface area contributed by atoms with Gasteiger partial charge in [-0.25, -0.2) is 0 Å². The molecule has 0 aromatic heterocycles. The summed E-state index contributed by atoms with van der Waals surface area (Å²) in [6, 6.07) is 73.1. The Morgan fingerprint density at radius 2 is 0.691 bits per heavy atom. The van der Waals surface area contributed by atoms with Gasteiger partial charge in [-0.15, -0.1) is 0 Å². The van der Waals surface area contributed by atoms with E-state index >= 15 is 0 Å². The van der Waals surface area contributed by atoms with Gasteiger partial charge in [0.1, 0.15) is 0 Å². The Labute approximate surface area is 326 Å². The Kier molecular flexibility index (Phi) is 8.59. The van der Waals surface area contributed by atoms with Crippen molar-refractivity contribution in [3.05, 3.63) is 211 Å². The molecule has 266 valence electrons. The summed E-state index contributed by atoms with van der Waals surface area (Å²) in [6.07, 6.45) is 0. The first-order valence-electron chi connectivity index (χ1n) is 19.3. The van der Waals surface area contributed by atoms with Crippen LogP contribution >= 0.6 is 0 Å². The van der Waals surface area contributed by atoms with E-state index in [0.29, 0.717) is 0 Å². The normalized spacial score (nSPS) is 13.7. The summed E-state index contributed by atoms with van der Waals surface area (Å²) in [5.74, 6) is 0. The lowest BCUT2D eigenvalue weighted by atomic mass is 9.55. The molecule has 8 aromatic rings. The average molecular weight is 708 g/mol. The number of rotatable bonds is 7. The summed E-state index contributed by atoms with van der Waals surface area (Å²) >= 11 is 0. The van der Waals surface area contributed by atoms with E-state index in [9.17, 15) is 0 Å². The van der Waals surface area contributed by atoms with Gasteiger partial charge in [0.05, 0.1) is 0 Å². The zero-order chi connectivity index (χ0) is 37.6. The summed E-state index contributed by atoms with van der Waals surface area (Å²) in [6.45, 7) is 9.69. The molecule has 1 heteroatoms. The van der Waals surface area contributed by atoms with E-state index in [1.807, 2.05) is 0 Å². The summed E-state index contributed by atoms with van der Waals surface area (Å²) in [7, 11) is 0. The Bertz CT molecular complexity index is 2580. The number of hydrogen-bond acceptors (Lipinski definition) is 1. The molecule has 8 aromatic carbocycles. The molecule has 1 aliphatic rings. The second-order valence-electron chi connectivity index (χ2n) is 15.9. The molecule has 0 fully saturated rings. The molecule has 0 atom stereocenters. The van der Waals surface area contributed by atoms with Crippen molar-refractivity contribution in [1.29, 1.82) is 0 Å². The fourth-order valence-corrected chi connectivity index (χ4v) is 8.46. The highest BCUT2D eigenvalue weighted by atomic mass is 15.1. The van der Waals surface area contributed by atoms with Crippen LogP contribution in [0.5, 0.6) is 0 Å². The van der Waals surface area contributed by atoms with Crippen molar-refractivity contribution >= 4 is 17.1 Å². The fourth-order valence-electron chi connectivity index (χ4n) is 8.46. The number of hydrogen-bond donors (Lipinski definition) is 0. The van der Waals surface area contributed by atoms with Crippen LogP contribution in [0.1, 0.15) is 38.8 Å². The molecule has 0 N–H and O–H groups in total. The van der Waals surface area contributed by atoms with Crippen LogP contribution in [0.2, 0.25) is 0 Å². The van der Waals surface area contributed by atoms with Crippen LogP contribution in [0.3, 0.4) is 0 Å². The quantitative estimate of drug-likeness (QED) is 0.159. The van der Waals surface area contributed by atoms with E-state index in [2.05, 4.69) is 233 Å². The van der Waals surface area contributed by atoms with Gasteiger partial charge in [0.2, 0.25) is 0 Å². The number of nitrogens with zero attached hydrogens (tertiary/aromatic N) is 1. The van der Waals surface area contributed by atoms with Gasteiger partial charge in [0, 0.05) is 17.1 Å². The van der Waals surface area contributed by atoms with E-state index < -0.39 is 0 Å². The maximum atomic E-state index is 2.48. The van der Waals surface area contributed by atoms with Crippen molar-refractivity contribution in [3.63, 3.8) is 0 Å². The molecule has 0 saturated carbocycles. The van der Waals surface area contributed by atoms with E-state index in [4.69, 9.17) is 0 Å². The summed E-state index contributed by atoms with van der Waals surface area (Å²) in [5.41, 5.74) is 18.3. The van der Waals surface area contributed by atoms with Gasteiger partial charge in [-0.2, -0.15) is 0 Å². The predicted molar refractivity (Wildman–Crippen MR) is 234 cm³/mol. The highest BCUT2D eigenvalue weighted by Crippen LogP contribution is 2.55. The largest absolute Gasteiger partial charge is 0.310 e. The maximum absolute atomic E-state index is 2.48. The summed E-state index contributed by atoms with van der Waals surface area (Å²) in [4.78, 5) is 2.37. The minimum Gasteiger partial charge on any atom is -0.310 e. The lowest BCUT2D eigenvalue weighted by molar-refractivity contribution is 0.299. The molecule has 0 spiro atoms. The van der Waals surface area contributed by atoms with Crippen molar-refractivity contribution in [2.24, 2.45) is 0 Å². The molecule has 9 rings (SSSR count). The molecule has 55 heavy (non-hydrogen) atoms. The smallest absolute Gasteiger partial charge is 0.0473 e. The first-order chi connectivity index (χ1) is 26.8. The van der Waals surface area contributed by atoms with Gasteiger partial charge < -0.3 is 4.90 Å². The standard InChI is InChI=1S/C54H45N/c1-53(2)51-31-29-42(41-23-17-22-40(32-41)38-18-9-5-10-19-38)36-50(51)49-30-28-43(37-52(49)54(53,3)4)45-33-44(39-20-11-6-12-21-39)34-48(35-45)55(46-24-13-7-14-25-46)47-26-15-8-16-27-47/h5-37H,1-4H3. The molecule has 0 heterocycles. The third-order valence-electron chi connectivity index (χ3n) is 12.2. The van der Waals surface area contributed by atoms with Crippen molar-refractivity contribution in [2.45, 2.75) is 38.5 Å². The van der Waals surface area contributed by atoms with Gasteiger partial charge in [0.15, 0.2) is 0 Å². The van der Waals surface area contributed by atoms with Gasteiger partial charge >= 0.3 is 0 Å². The fraction of sp³-hybridized carbons (Fsp3) is 0.111. The van der Waals surface area contributed by atoms with Gasteiger partial charge in [0.25, 0.3) is 0 Å². The molecular formula is C54H45N. The topological polar surface area (TPSA) is 3.24 Å². The van der Waals surface area contributed by atoms with Crippen molar-refractivity contribution in [1.82, 2.24) is 0 Å². The van der Waals surface area contributed by atoms with E-state index in [1.165, 1.54) is 66.8 Å². The van der Waals surface area contributed by atoms with Crippen molar-refractivity contribution in [3.8, 4) is 55.6 Å². The lowest BCUT2D eigenvalue weighted by Gasteiger charge is -2.48. The third kappa shape index (κ3) is 6.16. The number of fused-ring (bicyclic) bond motifs is 3. The highest BCUT2D eigenvalue weighted by molar-refractivity contribution is 5.88. The second-order valence-corrected chi connectivity index (χ2v) is 15.9. The second kappa shape index (κ2) is 13.8. The molecule has 0 bridgehead atoms. The molecule has 0 aliphatic heterocycles. The van der Waals surface area contributed by atoms with Gasteiger partial charge in [-0.3, -0.25) is 0 Å². The van der Waals surface area contributed by atoms with Crippen LogP contribution in [0.15, 0.2) is 200 Å². The average Bonchev–Trinajstić information content (AvgIpc) is 3.24. The molecule has 1 nitrogen and oxygen atoms in total. The SMILES string of the molecule is CC1(C)c2ccc(-c3cccc(-c4ccccc4)c3)cc2-c2ccc(-c3cc(-c4ccccc4)cc(N(c4ccccc4)c4ccccc4)c3)cc2C1(C)C. The molecule has 0 radical (unpaired) electrons. The number of anilines is 3. The third-order valence-corrected chi connectivity index (χ3v) is 12.2. The first kappa shape index (κ1) is 34.3. The van der Waals surface area contributed by atoms with Crippen molar-refractivity contribution in [2.75, 3.05) is 4.90 Å². The summed E-state index contributed by atoms with van der Waals surface area (Å²) < 4.78 is 0. The Hall–Kier alpha value is -6.44. The maximum Gasteiger partial charge on any atom is 0.0473 e.